The Labute approximate surface area is 158 Å². The van der Waals surface area contributed by atoms with Gasteiger partial charge in [-0.2, -0.15) is 4.98 Å². The molecule has 7 nitrogen and oxygen atoms in total. The van der Waals surface area contributed by atoms with Gasteiger partial charge in [0.2, 0.25) is 17.6 Å². The van der Waals surface area contributed by atoms with Gasteiger partial charge in [-0.25, -0.2) is 0 Å². The Morgan fingerprint density at radius 3 is 2.63 bits per heavy atom. The molecule has 2 aliphatic rings. The fraction of sp³-hybridized carbons (Fsp3) is 0.550. The molecule has 4 rings (SSSR count). The molecule has 1 unspecified atom stereocenters. The topological polar surface area (TPSA) is 94.5 Å². The van der Waals surface area contributed by atoms with Crippen molar-refractivity contribution >= 4 is 11.6 Å². The van der Waals surface area contributed by atoms with Gasteiger partial charge >= 0.3 is 0 Å². The second kappa shape index (κ2) is 8.08. The summed E-state index contributed by atoms with van der Waals surface area (Å²) in [6.07, 6.45) is 4.59. The minimum absolute atomic E-state index is 0.00840. The number of nitrogens with two attached hydrogens (primary N) is 1. The summed E-state index contributed by atoms with van der Waals surface area (Å²) in [7, 11) is 0. The summed E-state index contributed by atoms with van der Waals surface area (Å²) < 4.78 is 10.8. The molecular weight excluding hydrogens is 344 g/mol. The number of amides is 1. The second-order valence-corrected chi connectivity index (χ2v) is 7.49. The van der Waals surface area contributed by atoms with Gasteiger partial charge in [0, 0.05) is 49.9 Å². The number of benzene rings is 1. The number of hydrogen-bond acceptors (Lipinski definition) is 6. The van der Waals surface area contributed by atoms with Crippen LogP contribution in [0.5, 0.6) is 0 Å². The number of ether oxygens (including phenoxy) is 1. The number of hydrogen-bond donors (Lipinski definition) is 1. The molecule has 144 valence electrons. The lowest BCUT2D eigenvalue weighted by Crippen LogP contribution is -2.38. The maximum Gasteiger partial charge on any atom is 0.226 e. The minimum atomic E-state index is -0.182. The Hall–Kier alpha value is -2.41. The van der Waals surface area contributed by atoms with E-state index >= 15 is 0 Å². The van der Waals surface area contributed by atoms with Gasteiger partial charge in [0.25, 0.3) is 0 Å². The van der Waals surface area contributed by atoms with Crippen molar-refractivity contribution in [3.63, 3.8) is 0 Å². The van der Waals surface area contributed by atoms with Crippen molar-refractivity contribution in [2.45, 2.75) is 32.1 Å². The maximum absolute atomic E-state index is 11.3. The van der Waals surface area contributed by atoms with E-state index in [1.165, 1.54) is 0 Å². The number of aryl methyl sites for hydroxylation is 1. The molecule has 7 heteroatoms. The van der Waals surface area contributed by atoms with Crippen LogP contribution in [0.2, 0.25) is 0 Å². The van der Waals surface area contributed by atoms with Gasteiger partial charge in [0.15, 0.2) is 0 Å². The van der Waals surface area contributed by atoms with E-state index in [-0.39, 0.29) is 11.8 Å². The standard InChI is InChI=1S/C20H26N4O3/c21-19(25)15-7-10-24(11-8-15)17-4-2-16(3-5-17)20-22-18(27-23-20)6-1-14-9-12-26-13-14/h2-5,14-15H,1,6-13H2,(H2,21,25). The molecule has 3 heterocycles. The van der Waals surface area contributed by atoms with Gasteiger partial charge in [-0.3, -0.25) is 4.79 Å². The van der Waals surface area contributed by atoms with E-state index in [0.717, 1.165) is 69.7 Å². The fourth-order valence-corrected chi connectivity index (χ4v) is 3.86. The first kappa shape index (κ1) is 18.0. The second-order valence-electron chi connectivity index (χ2n) is 7.49. The fourth-order valence-electron chi connectivity index (χ4n) is 3.86. The zero-order valence-corrected chi connectivity index (χ0v) is 15.5. The molecule has 0 radical (unpaired) electrons. The molecule has 2 aliphatic heterocycles. The molecule has 1 aromatic carbocycles. The third kappa shape index (κ3) is 4.30. The molecule has 0 bridgehead atoms. The molecule has 1 amide bonds. The lowest BCUT2D eigenvalue weighted by atomic mass is 9.96. The highest BCUT2D eigenvalue weighted by molar-refractivity contribution is 5.77. The van der Waals surface area contributed by atoms with Crippen molar-refractivity contribution in [2.75, 3.05) is 31.2 Å². The molecule has 2 saturated heterocycles. The van der Waals surface area contributed by atoms with Crippen molar-refractivity contribution in [3.05, 3.63) is 30.2 Å². The lowest BCUT2D eigenvalue weighted by molar-refractivity contribution is -0.122. The average Bonchev–Trinajstić information content (AvgIpc) is 3.38. The summed E-state index contributed by atoms with van der Waals surface area (Å²) in [4.78, 5) is 18.1. The molecule has 0 aliphatic carbocycles. The van der Waals surface area contributed by atoms with Crippen LogP contribution < -0.4 is 10.6 Å². The van der Waals surface area contributed by atoms with Crippen LogP contribution in [0.25, 0.3) is 11.4 Å². The number of aromatic nitrogens is 2. The van der Waals surface area contributed by atoms with Crippen LogP contribution in [0.4, 0.5) is 5.69 Å². The Bertz CT molecular complexity index is 760. The SMILES string of the molecule is NC(=O)C1CCN(c2ccc(-c3noc(CCC4CCOC4)n3)cc2)CC1. The highest BCUT2D eigenvalue weighted by Gasteiger charge is 2.23. The number of piperidine rings is 1. The Morgan fingerprint density at radius 2 is 1.96 bits per heavy atom. The summed E-state index contributed by atoms with van der Waals surface area (Å²) >= 11 is 0. The normalized spacial score (nSPS) is 20.9. The molecule has 0 saturated carbocycles. The zero-order chi connectivity index (χ0) is 18.6. The number of carbonyl (C=O) groups excluding carboxylic acids is 1. The van der Waals surface area contributed by atoms with Crippen molar-refractivity contribution < 1.29 is 14.1 Å². The van der Waals surface area contributed by atoms with Gasteiger partial charge in [-0.1, -0.05) is 5.16 Å². The molecular formula is C20H26N4O3. The number of anilines is 1. The van der Waals surface area contributed by atoms with Crippen LogP contribution in [0.1, 0.15) is 31.6 Å². The first-order valence-electron chi connectivity index (χ1n) is 9.74. The largest absolute Gasteiger partial charge is 0.381 e. The molecule has 1 aromatic heterocycles. The van der Waals surface area contributed by atoms with Gasteiger partial charge in [-0.15, -0.1) is 0 Å². The number of rotatable bonds is 6. The summed E-state index contributed by atoms with van der Waals surface area (Å²) in [5.74, 6) is 1.76. The number of carbonyl (C=O) groups is 1. The minimum Gasteiger partial charge on any atom is -0.381 e. The van der Waals surface area contributed by atoms with E-state index in [4.69, 9.17) is 15.0 Å². The van der Waals surface area contributed by atoms with Crippen molar-refractivity contribution in [2.24, 2.45) is 17.6 Å². The van der Waals surface area contributed by atoms with E-state index in [1.807, 2.05) is 12.1 Å². The van der Waals surface area contributed by atoms with Gasteiger partial charge in [0.05, 0.1) is 0 Å². The summed E-state index contributed by atoms with van der Waals surface area (Å²) in [6.45, 7) is 3.42. The van der Waals surface area contributed by atoms with Crippen LogP contribution in [0.3, 0.4) is 0 Å². The van der Waals surface area contributed by atoms with Crippen LogP contribution in [-0.2, 0) is 16.0 Å². The van der Waals surface area contributed by atoms with Gasteiger partial charge in [0.1, 0.15) is 0 Å². The first-order valence-corrected chi connectivity index (χ1v) is 9.74. The molecule has 2 fully saturated rings. The van der Waals surface area contributed by atoms with Crippen LogP contribution in [0.15, 0.2) is 28.8 Å². The smallest absolute Gasteiger partial charge is 0.226 e. The summed E-state index contributed by atoms with van der Waals surface area (Å²) in [5.41, 5.74) is 7.50. The molecule has 0 spiro atoms. The van der Waals surface area contributed by atoms with Gasteiger partial charge < -0.3 is 19.9 Å². The van der Waals surface area contributed by atoms with Crippen LogP contribution in [0, 0.1) is 11.8 Å². The van der Waals surface area contributed by atoms with E-state index in [9.17, 15) is 4.79 Å². The van der Waals surface area contributed by atoms with Gasteiger partial charge in [-0.05, 0) is 55.9 Å². The van der Waals surface area contributed by atoms with E-state index in [1.54, 1.807) is 0 Å². The third-order valence-electron chi connectivity index (χ3n) is 5.65. The van der Waals surface area contributed by atoms with E-state index in [0.29, 0.717) is 17.6 Å². The Balaban J connectivity index is 1.34. The monoisotopic (exact) mass is 370 g/mol. The van der Waals surface area contributed by atoms with E-state index < -0.39 is 0 Å². The lowest BCUT2D eigenvalue weighted by Gasteiger charge is -2.32. The zero-order valence-electron chi connectivity index (χ0n) is 15.5. The third-order valence-corrected chi connectivity index (χ3v) is 5.65. The van der Waals surface area contributed by atoms with E-state index in [2.05, 4.69) is 27.2 Å². The summed E-state index contributed by atoms with van der Waals surface area (Å²) in [6, 6.07) is 8.20. The average molecular weight is 370 g/mol. The highest BCUT2D eigenvalue weighted by atomic mass is 16.5. The van der Waals surface area contributed by atoms with Crippen LogP contribution >= 0.6 is 0 Å². The number of primary amides is 1. The Morgan fingerprint density at radius 1 is 1.19 bits per heavy atom. The van der Waals surface area contributed by atoms with Crippen LogP contribution in [-0.4, -0.2) is 42.4 Å². The van der Waals surface area contributed by atoms with Crippen molar-refractivity contribution in [1.29, 1.82) is 0 Å². The quantitative estimate of drug-likeness (QED) is 0.839. The molecule has 2 N–H and O–H groups in total. The number of nitrogens with zero attached hydrogens (tertiary/aromatic N) is 3. The highest BCUT2D eigenvalue weighted by Crippen LogP contribution is 2.26. The Kier molecular flexibility index (Phi) is 5.38. The molecule has 2 aromatic rings. The first-order chi connectivity index (χ1) is 13.2. The van der Waals surface area contributed by atoms with Crippen molar-refractivity contribution in [1.82, 2.24) is 10.1 Å². The summed E-state index contributed by atoms with van der Waals surface area (Å²) in [5, 5.41) is 4.12. The molecule has 1 atom stereocenters. The van der Waals surface area contributed by atoms with Crippen molar-refractivity contribution in [3.8, 4) is 11.4 Å². The maximum atomic E-state index is 11.3. The predicted octanol–water partition coefficient (Wildman–Crippen LogP) is 2.41. The molecule has 27 heavy (non-hydrogen) atoms. The predicted molar refractivity (Wildman–Crippen MR) is 101 cm³/mol.